The molecular weight excluding hydrogens is 434 g/mol. The number of quaternary nitrogens is 1. The molecule has 0 bridgehead atoms. The SMILES string of the molecule is CCCCCCCCCCCCCC[N+](C)(C)C(CCCCCCCCCCCC)c1ccccc1. The molecule has 0 radical (unpaired) electrons. The van der Waals surface area contributed by atoms with Crippen LogP contribution < -0.4 is 0 Å². The van der Waals surface area contributed by atoms with Gasteiger partial charge in [0.1, 0.15) is 6.04 Å². The summed E-state index contributed by atoms with van der Waals surface area (Å²) in [6.45, 7) is 5.93. The monoisotopic (exact) mass is 501 g/mol. The number of unbranched alkanes of at least 4 members (excludes halogenated alkanes) is 20. The van der Waals surface area contributed by atoms with Crippen molar-refractivity contribution in [1.29, 1.82) is 0 Å². The van der Waals surface area contributed by atoms with Gasteiger partial charge in [0, 0.05) is 12.0 Å². The minimum Gasteiger partial charge on any atom is -0.322 e. The van der Waals surface area contributed by atoms with Crippen molar-refractivity contribution < 1.29 is 4.48 Å². The maximum Gasteiger partial charge on any atom is 0.114 e. The summed E-state index contributed by atoms with van der Waals surface area (Å²) in [5.74, 6) is 0. The van der Waals surface area contributed by atoms with E-state index in [1.807, 2.05) is 0 Å². The fourth-order valence-corrected chi connectivity index (χ4v) is 5.94. The van der Waals surface area contributed by atoms with Gasteiger partial charge in [0.05, 0.1) is 20.6 Å². The summed E-state index contributed by atoms with van der Waals surface area (Å²) in [7, 11) is 4.99. The molecular formula is C35H66N+. The number of rotatable bonds is 26. The Morgan fingerprint density at radius 3 is 1.25 bits per heavy atom. The number of benzene rings is 1. The van der Waals surface area contributed by atoms with Crippen molar-refractivity contribution in [3.63, 3.8) is 0 Å². The van der Waals surface area contributed by atoms with Crippen molar-refractivity contribution in [1.82, 2.24) is 0 Å². The maximum absolute atomic E-state index is 2.49. The van der Waals surface area contributed by atoms with Gasteiger partial charge in [0.25, 0.3) is 0 Å². The summed E-state index contributed by atoms with van der Waals surface area (Å²) in [6, 6.07) is 12.1. The lowest BCUT2D eigenvalue weighted by Crippen LogP contribution is -2.44. The van der Waals surface area contributed by atoms with E-state index in [0.29, 0.717) is 6.04 Å². The third-order valence-electron chi connectivity index (χ3n) is 8.45. The quantitative estimate of drug-likeness (QED) is 0.0876. The second kappa shape index (κ2) is 23.3. The van der Waals surface area contributed by atoms with Gasteiger partial charge in [-0.05, 0) is 19.3 Å². The lowest BCUT2D eigenvalue weighted by molar-refractivity contribution is -0.921. The Hall–Kier alpha value is -0.820. The average Bonchev–Trinajstić information content (AvgIpc) is 2.88. The molecule has 0 amide bonds. The second-order valence-corrected chi connectivity index (χ2v) is 12.3. The second-order valence-electron chi connectivity index (χ2n) is 12.3. The van der Waals surface area contributed by atoms with Crippen LogP contribution in [0.1, 0.15) is 173 Å². The Morgan fingerprint density at radius 2 is 0.833 bits per heavy atom. The van der Waals surface area contributed by atoms with Crippen LogP contribution in [0.4, 0.5) is 0 Å². The van der Waals surface area contributed by atoms with Gasteiger partial charge in [-0.2, -0.15) is 0 Å². The Kier molecular flexibility index (Phi) is 21.5. The molecule has 1 aromatic rings. The van der Waals surface area contributed by atoms with Gasteiger partial charge >= 0.3 is 0 Å². The molecule has 0 aromatic heterocycles. The molecule has 1 aromatic carbocycles. The molecule has 0 N–H and O–H groups in total. The first-order valence-corrected chi connectivity index (χ1v) is 16.5. The smallest absolute Gasteiger partial charge is 0.114 e. The Balaban J connectivity index is 2.24. The van der Waals surface area contributed by atoms with Gasteiger partial charge in [-0.25, -0.2) is 0 Å². The highest BCUT2D eigenvalue weighted by Crippen LogP contribution is 2.31. The van der Waals surface area contributed by atoms with Crippen molar-refractivity contribution >= 4 is 0 Å². The molecule has 0 spiro atoms. The van der Waals surface area contributed by atoms with Crippen LogP contribution in [0.3, 0.4) is 0 Å². The van der Waals surface area contributed by atoms with E-state index in [1.54, 1.807) is 5.56 Å². The fraction of sp³-hybridized carbons (Fsp3) is 0.829. The van der Waals surface area contributed by atoms with Gasteiger partial charge in [0.2, 0.25) is 0 Å². The van der Waals surface area contributed by atoms with Crippen molar-refractivity contribution in [3.05, 3.63) is 35.9 Å². The van der Waals surface area contributed by atoms with E-state index in [0.717, 1.165) is 4.48 Å². The van der Waals surface area contributed by atoms with Gasteiger partial charge < -0.3 is 4.48 Å². The van der Waals surface area contributed by atoms with Crippen molar-refractivity contribution in [2.45, 2.75) is 168 Å². The van der Waals surface area contributed by atoms with Crippen LogP contribution in [0.25, 0.3) is 0 Å². The van der Waals surface area contributed by atoms with Crippen LogP contribution in [0.15, 0.2) is 30.3 Å². The number of hydrogen-bond donors (Lipinski definition) is 0. The van der Waals surface area contributed by atoms with E-state index < -0.39 is 0 Å². The first-order valence-electron chi connectivity index (χ1n) is 16.5. The lowest BCUT2D eigenvalue weighted by Gasteiger charge is -2.39. The molecule has 0 aliphatic rings. The summed E-state index contributed by atoms with van der Waals surface area (Å²) in [6.07, 6.45) is 32.8. The molecule has 0 aliphatic carbocycles. The maximum atomic E-state index is 2.49. The molecule has 210 valence electrons. The van der Waals surface area contributed by atoms with Crippen LogP contribution in [-0.4, -0.2) is 25.1 Å². The summed E-state index contributed by atoms with van der Waals surface area (Å²) >= 11 is 0. The lowest BCUT2D eigenvalue weighted by atomic mass is 9.96. The first-order chi connectivity index (χ1) is 17.6. The molecule has 0 saturated carbocycles. The Bertz CT molecular complexity index is 563. The molecule has 1 heteroatoms. The standard InChI is InChI=1S/C35H66N/c1-5-7-9-11-13-15-17-18-20-22-24-29-33-36(3,4)35(34-30-26-25-27-31-34)32-28-23-21-19-16-14-12-10-8-6-2/h25-27,30-31,35H,5-24,28-29,32-33H2,1-4H3/q+1. The molecule has 1 unspecified atom stereocenters. The zero-order valence-corrected chi connectivity index (χ0v) is 25.4. The van der Waals surface area contributed by atoms with Crippen molar-refractivity contribution in [3.8, 4) is 0 Å². The predicted molar refractivity (Wildman–Crippen MR) is 164 cm³/mol. The first kappa shape index (κ1) is 33.2. The molecule has 36 heavy (non-hydrogen) atoms. The minimum atomic E-state index is 0.646. The number of hydrogen-bond acceptors (Lipinski definition) is 0. The minimum absolute atomic E-state index is 0.646. The van der Waals surface area contributed by atoms with Crippen LogP contribution in [0, 0.1) is 0 Å². The van der Waals surface area contributed by atoms with E-state index in [-0.39, 0.29) is 0 Å². The van der Waals surface area contributed by atoms with E-state index in [2.05, 4.69) is 58.3 Å². The van der Waals surface area contributed by atoms with Crippen LogP contribution in [0.5, 0.6) is 0 Å². The number of nitrogens with zero attached hydrogens (tertiary/aromatic N) is 1. The van der Waals surface area contributed by atoms with Gasteiger partial charge in [-0.3, -0.25) is 0 Å². The van der Waals surface area contributed by atoms with Crippen LogP contribution in [0.2, 0.25) is 0 Å². The third-order valence-corrected chi connectivity index (χ3v) is 8.45. The average molecular weight is 501 g/mol. The predicted octanol–water partition coefficient (Wildman–Crippen LogP) is 11.8. The third kappa shape index (κ3) is 17.6. The largest absolute Gasteiger partial charge is 0.322 e. The van der Waals surface area contributed by atoms with Crippen molar-refractivity contribution in [2.24, 2.45) is 0 Å². The molecule has 0 fully saturated rings. The Labute approximate surface area is 228 Å². The summed E-state index contributed by atoms with van der Waals surface area (Å²) in [4.78, 5) is 0. The molecule has 1 atom stereocenters. The van der Waals surface area contributed by atoms with E-state index >= 15 is 0 Å². The highest BCUT2D eigenvalue weighted by molar-refractivity contribution is 5.17. The molecule has 0 saturated heterocycles. The molecule has 0 aliphatic heterocycles. The zero-order valence-electron chi connectivity index (χ0n) is 25.4. The normalized spacial score (nSPS) is 12.8. The molecule has 1 nitrogen and oxygen atoms in total. The highest BCUT2D eigenvalue weighted by Gasteiger charge is 2.28. The van der Waals surface area contributed by atoms with E-state index in [4.69, 9.17) is 0 Å². The van der Waals surface area contributed by atoms with Gasteiger partial charge in [-0.1, -0.05) is 166 Å². The van der Waals surface area contributed by atoms with Gasteiger partial charge in [-0.15, -0.1) is 0 Å². The van der Waals surface area contributed by atoms with Crippen molar-refractivity contribution in [2.75, 3.05) is 20.6 Å². The summed E-state index contributed by atoms with van der Waals surface area (Å²) in [5, 5.41) is 0. The summed E-state index contributed by atoms with van der Waals surface area (Å²) in [5.41, 5.74) is 1.55. The highest BCUT2D eigenvalue weighted by atomic mass is 15.3. The van der Waals surface area contributed by atoms with Gasteiger partial charge in [0.15, 0.2) is 0 Å². The molecule has 1 rings (SSSR count). The zero-order chi connectivity index (χ0) is 26.2. The molecule has 0 heterocycles. The van der Waals surface area contributed by atoms with Crippen LogP contribution in [-0.2, 0) is 0 Å². The fourth-order valence-electron chi connectivity index (χ4n) is 5.94. The van der Waals surface area contributed by atoms with Crippen LogP contribution >= 0.6 is 0 Å². The summed E-state index contributed by atoms with van der Waals surface area (Å²) < 4.78 is 1.15. The topological polar surface area (TPSA) is 0 Å². The van der Waals surface area contributed by atoms with E-state index in [9.17, 15) is 0 Å². The van der Waals surface area contributed by atoms with E-state index in [1.165, 1.54) is 154 Å². The Morgan fingerprint density at radius 1 is 0.472 bits per heavy atom.